The molecule has 1 amide bonds. The molecule has 3 nitrogen and oxygen atoms in total. The summed E-state index contributed by atoms with van der Waals surface area (Å²) in [6, 6.07) is 7.79. The molecule has 2 atom stereocenters. The van der Waals surface area contributed by atoms with Crippen molar-refractivity contribution in [1.29, 1.82) is 0 Å². The van der Waals surface area contributed by atoms with Crippen molar-refractivity contribution >= 4 is 17.7 Å². The van der Waals surface area contributed by atoms with Crippen LogP contribution in [0.25, 0.3) is 11.5 Å². The average Bonchev–Trinajstić information content (AvgIpc) is 2.58. The Bertz CT molecular complexity index is 608. The van der Waals surface area contributed by atoms with E-state index < -0.39 is 11.5 Å². The number of fused-ring (bicyclic) bond motifs is 3. The maximum Gasteiger partial charge on any atom is 1.00 e. The molecule has 0 N–H and O–H groups in total. The van der Waals surface area contributed by atoms with Crippen molar-refractivity contribution < 1.29 is 34.4 Å². The van der Waals surface area contributed by atoms with Gasteiger partial charge in [0.05, 0.1) is 11.5 Å². The Morgan fingerprint density at radius 1 is 1.42 bits per heavy atom. The van der Waals surface area contributed by atoms with E-state index in [1.807, 2.05) is 37.3 Å². The van der Waals surface area contributed by atoms with Gasteiger partial charge in [-0.15, -0.1) is 6.58 Å². The molecule has 1 aromatic carbocycles. The van der Waals surface area contributed by atoms with Crippen LogP contribution in [0.5, 0.6) is 0 Å². The first kappa shape index (κ1) is 14.3. The van der Waals surface area contributed by atoms with Gasteiger partial charge in [-0.2, -0.15) is 5.71 Å². The topological polar surface area (TPSA) is 42.6 Å². The van der Waals surface area contributed by atoms with Crippen LogP contribution >= 0.6 is 0 Å². The number of rotatable bonds is 1. The summed E-state index contributed by atoms with van der Waals surface area (Å²) < 4.78 is 0. The zero-order chi connectivity index (χ0) is 12.9. The normalized spacial score (nSPS) is 27.6. The van der Waals surface area contributed by atoms with E-state index in [0.29, 0.717) is 0 Å². The molecule has 4 heteroatoms. The van der Waals surface area contributed by atoms with Crippen LogP contribution in [0, 0.1) is 5.92 Å². The van der Waals surface area contributed by atoms with Gasteiger partial charge in [0.25, 0.3) is 0 Å². The maximum atomic E-state index is 12.2. The van der Waals surface area contributed by atoms with Crippen LogP contribution in [-0.4, -0.2) is 16.5 Å². The molecule has 1 fully saturated rings. The van der Waals surface area contributed by atoms with E-state index in [1.54, 1.807) is 11.1 Å². The van der Waals surface area contributed by atoms with E-state index >= 15 is 0 Å². The summed E-state index contributed by atoms with van der Waals surface area (Å²) in [6.07, 6.45) is 5.13. The van der Waals surface area contributed by atoms with Crippen LogP contribution in [0.3, 0.4) is 0 Å². The van der Waals surface area contributed by atoms with E-state index in [4.69, 9.17) is 0 Å². The van der Waals surface area contributed by atoms with E-state index in [1.165, 1.54) is 6.08 Å². The molecule has 19 heavy (non-hydrogen) atoms. The van der Waals surface area contributed by atoms with Gasteiger partial charge in [-0.3, -0.25) is 4.79 Å². The summed E-state index contributed by atoms with van der Waals surface area (Å²) in [5, 5.41) is 10.4. The molecule has 2 heterocycles. The fraction of sp³-hybridized carbons (Fsp3) is 0.200. The molecular weight excluding hydrogens is 247 g/mol. The van der Waals surface area contributed by atoms with Gasteiger partial charge in [0, 0.05) is 6.20 Å². The first-order valence-corrected chi connectivity index (χ1v) is 5.90. The summed E-state index contributed by atoms with van der Waals surface area (Å²) in [5.41, 5.74) is 1.35. The third kappa shape index (κ3) is 1.69. The van der Waals surface area contributed by atoms with Gasteiger partial charge in [0.15, 0.2) is 0 Å². The minimum Gasteiger partial charge on any atom is -0.808 e. The van der Waals surface area contributed by atoms with Crippen molar-refractivity contribution in [2.24, 2.45) is 5.92 Å². The molecule has 2 unspecified atom stereocenters. The second-order valence-corrected chi connectivity index (χ2v) is 4.78. The van der Waals surface area contributed by atoms with E-state index in [9.17, 15) is 10.2 Å². The second kappa shape index (κ2) is 4.75. The van der Waals surface area contributed by atoms with Gasteiger partial charge in [-0.05, 0) is 24.1 Å². The van der Waals surface area contributed by atoms with Crippen molar-refractivity contribution in [3.8, 4) is 0 Å². The van der Waals surface area contributed by atoms with Crippen molar-refractivity contribution in [2.75, 3.05) is 0 Å². The van der Waals surface area contributed by atoms with Gasteiger partial charge in [-0.25, -0.2) is 0 Å². The van der Waals surface area contributed by atoms with Crippen LogP contribution < -0.4 is 29.6 Å². The molecule has 0 radical (unpaired) electrons. The zero-order valence-corrected chi connectivity index (χ0v) is 13.1. The Morgan fingerprint density at radius 3 is 2.79 bits per heavy atom. The second-order valence-electron chi connectivity index (χ2n) is 4.78. The molecule has 90 valence electrons. The Balaban J connectivity index is 0.00000133. The number of amides is 1. The largest absolute Gasteiger partial charge is 1.00 e. The molecule has 2 aliphatic rings. The molecule has 0 saturated carbocycles. The molecule has 1 saturated heterocycles. The summed E-state index contributed by atoms with van der Waals surface area (Å²) in [6.45, 7) is 5.50. The minimum absolute atomic E-state index is 0. The van der Waals surface area contributed by atoms with Gasteiger partial charge < -0.3 is 10.3 Å². The average molecular weight is 260 g/mol. The van der Waals surface area contributed by atoms with Crippen LogP contribution in [0.4, 0.5) is 0 Å². The summed E-state index contributed by atoms with van der Waals surface area (Å²) in [4.78, 5) is 13.8. The van der Waals surface area contributed by atoms with Crippen LogP contribution in [0.15, 0.2) is 43.1 Å². The fourth-order valence-electron chi connectivity index (χ4n) is 2.86. The number of hydrogen-bond acceptors (Lipinski definition) is 1. The van der Waals surface area contributed by atoms with Gasteiger partial charge in [0.1, 0.15) is 0 Å². The Hall–Kier alpha value is -1.16. The van der Waals surface area contributed by atoms with Gasteiger partial charge in [0.2, 0.25) is 5.91 Å². The number of hydrogen-bond donors (Lipinski definition) is 0. The SMILES string of the molecule is C=CC1C(=[N-])C2(C)c3ccccc3C=CN2C1=O.[Na+]. The smallest absolute Gasteiger partial charge is 0.808 e. The van der Waals surface area contributed by atoms with Crippen molar-refractivity contribution in [1.82, 2.24) is 4.90 Å². The summed E-state index contributed by atoms with van der Waals surface area (Å²) >= 11 is 0. The molecule has 0 aromatic heterocycles. The Kier molecular flexibility index (Phi) is 3.56. The predicted molar refractivity (Wildman–Crippen MR) is 71.7 cm³/mol. The van der Waals surface area contributed by atoms with E-state index in [2.05, 4.69) is 6.58 Å². The van der Waals surface area contributed by atoms with E-state index in [-0.39, 0.29) is 41.2 Å². The zero-order valence-electron chi connectivity index (χ0n) is 11.1. The molecule has 3 rings (SSSR count). The molecule has 0 spiro atoms. The minimum atomic E-state index is -0.777. The van der Waals surface area contributed by atoms with Crippen LogP contribution in [0.1, 0.15) is 18.1 Å². The first-order chi connectivity index (χ1) is 8.60. The Labute approximate surface area is 134 Å². The molecular formula is C15H13N2NaO. The summed E-state index contributed by atoms with van der Waals surface area (Å²) in [7, 11) is 0. The third-order valence-electron chi connectivity index (χ3n) is 3.90. The number of carbonyl (C=O) groups is 1. The van der Waals surface area contributed by atoms with Gasteiger partial charge >= 0.3 is 29.6 Å². The van der Waals surface area contributed by atoms with Gasteiger partial charge in [-0.1, -0.05) is 30.3 Å². The van der Waals surface area contributed by atoms with E-state index in [0.717, 1.165) is 11.1 Å². The third-order valence-corrected chi connectivity index (χ3v) is 3.90. The molecule has 0 bridgehead atoms. The standard InChI is InChI=1S/C15H13N2O.Na/c1-3-11-13(16)15(2)12-7-5-4-6-10(12)8-9-17(15)14(11)18;/h3-9,11H,1H2,2H3;/q-1;+1. The maximum absolute atomic E-state index is 12.2. The predicted octanol–water partition coefficient (Wildman–Crippen LogP) is -0.455. The Morgan fingerprint density at radius 2 is 2.11 bits per heavy atom. The monoisotopic (exact) mass is 260 g/mol. The summed E-state index contributed by atoms with van der Waals surface area (Å²) in [5.74, 6) is -0.749. The number of benzene rings is 1. The van der Waals surface area contributed by atoms with Crippen molar-refractivity contribution in [3.05, 3.63) is 59.7 Å². The number of nitrogens with zero attached hydrogens (tertiary/aromatic N) is 2. The quantitative estimate of drug-likeness (QED) is 0.498. The molecule has 1 aromatic rings. The fourth-order valence-corrected chi connectivity index (χ4v) is 2.86. The van der Waals surface area contributed by atoms with Crippen molar-refractivity contribution in [3.63, 3.8) is 0 Å². The number of carbonyl (C=O) groups excluding carboxylic acids is 1. The van der Waals surface area contributed by atoms with Crippen molar-refractivity contribution in [2.45, 2.75) is 12.5 Å². The molecule has 2 aliphatic heterocycles. The van der Waals surface area contributed by atoms with Crippen LogP contribution in [-0.2, 0) is 10.3 Å². The molecule has 0 aliphatic carbocycles. The van der Waals surface area contributed by atoms with Crippen LogP contribution in [0.2, 0.25) is 0 Å². The first-order valence-electron chi connectivity index (χ1n) is 5.90.